The lowest BCUT2D eigenvalue weighted by molar-refractivity contribution is 0.110. The number of hydrogen-bond donors (Lipinski definition) is 3. The summed E-state index contributed by atoms with van der Waals surface area (Å²) >= 11 is 6.33. The molecular weight excluding hydrogens is 392 g/mol. The second kappa shape index (κ2) is 7.47. The Morgan fingerprint density at radius 3 is 2.76 bits per heavy atom. The number of nitrogens with two attached hydrogens (primary N) is 1. The lowest BCUT2D eigenvalue weighted by Crippen LogP contribution is -2.39. The van der Waals surface area contributed by atoms with Gasteiger partial charge in [0.1, 0.15) is 16.0 Å². The second-order valence-electron chi connectivity index (χ2n) is 7.82. The van der Waals surface area contributed by atoms with E-state index < -0.39 is 11.0 Å². The van der Waals surface area contributed by atoms with Crippen LogP contribution in [0.5, 0.6) is 0 Å². The monoisotopic (exact) mass is 415 g/mol. The molecule has 1 aromatic heterocycles. The highest BCUT2D eigenvalue weighted by atomic mass is 35.5. The van der Waals surface area contributed by atoms with E-state index in [-0.39, 0.29) is 19.2 Å². The van der Waals surface area contributed by atoms with Crippen molar-refractivity contribution in [2.24, 2.45) is 0 Å². The van der Waals surface area contributed by atoms with E-state index >= 15 is 0 Å². The molecule has 152 valence electrons. The zero-order valence-corrected chi connectivity index (χ0v) is 16.7. The standard InChI is InChI=1S/C21H23ClN4O3/c22-16-10-24-19(23)25-18(16)26-11-20(12-27,13-28)15-4-3-14(9-17(15)26)5-8-21(29)6-1-2-7-21/h3-4,9-10,27-29H,1-2,6-7,11-13H2,(H2,23,24,25)/p+1. The first kappa shape index (κ1) is 19.9. The molecule has 1 fully saturated rings. The Labute approximate surface area is 174 Å². The van der Waals surface area contributed by atoms with Gasteiger partial charge < -0.3 is 26.0 Å². The molecule has 8 heteroatoms. The van der Waals surface area contributed by atoms with E-state index in [1.807, 2.05) is 23.1 Å². The van der Waals surface area contributed by atoms with E-state index in [2.05, 4.69) is 21.8 Å². The van der Waals surface area contributed by atoms with Crippen LogP contribution < -0.4 is 10.6 Å². The molecule has 1 saturated carbocycles. The molecule has 1 aliphatic heterocycles. The van der Waals surface area contributed by atoms with Crippen LogP contribution in [0.1, 0.15) is 36.8 Å². The van der Waals surface area contributed by atoms with Crippen LogP contribution in [0.25, 0.3) is 0 Å². The van der Waals surface area contributed by atoms with Gasteiger partial charge in [-0.25, -0.2) is 4.98 Å². The fourth-order valence-corrected chi connectivity index (χ4v) is 4.31. The maximum absolute atomic E-state index is 10.5. The van der Waals surface area contributed by atoms with Crippen molar-refractivity contribution in [2.75, 3.05) is 30.4 Å². The highest BCUT2D eigenvalue weighted by Gasteiger charge is 2.45. The Morgan fingerprint density at radius 2 is 2.07 bits per heavy atom. The maximum atomic E-state index is 10.5. The summed E-state index contributed by atoms with van der Waals surface area (Å²) in [6.07, 6.45) is 4.80. The third kappa shape index (κ3) is 3.53. The number of anilines is 3. The van der Waals surface area contributed by atoms with Crippen LogP contribution in [0.3, 0.4) is 0 Å². The van der Waals surface area contributed by atoms with Gasteiger partial charge in [0.05, 0.1) is 12.8 Å². The summed E-state index contributed by atoms with van der Waals surface area (Å²) < 4.78 is 0. The summed E-state index contributed by atoms with van der Waals surface area (Å²) in [5.41, 5.74) is 6.45. The van der Waals surface area contributed by atoms with Crippen molar-refractivity contribution in [3.05, 3.63) is 40.5 Å². The van der Waals surface area contributed by atoms with Gasteiger partial charge in [0.2, 0.25) is 5.95 Å². The third-order valence-corrected chi connectivity index (χ3v) is 6.10. The quantitative estimate of drug-likeness (QED) is 0.516. The number of nitrogens with zero attached hydrogens (tertiary/aromatic N) is 3. The smallest absolute Gasteiger partial charge is 0.222 e. The van der Waals surface area contributed by atoms with Gasteiger partial charge in [-0.05, 0) is 43.4 Å². The minimum absolute atomic E-state index is 0.00988. The molecule has 0 saturated heterocycles. The number of aromatic nitrogens is 2. The topological polar surface area (TPSA) is 118 Å². The van der Waals surface area contributed by atoms with E-state index in [0.717, 1.165) is 29.7 Å². The number of aliphatic hydroxyl groups is 2. The first-order chi connectivity index (χ1) is 13.9. The number of benzene rings is 1. The van der Waals surface area contributed by atoms with Gasteiger partial charge >= 0.3 is 0 Å². The van der Waals surface area contributed by atoms with E-state index in [1.165, 1.54) is 6.20 Å². The Balaban J connectivity index is 1.80. The molecule has 29 heavy (non-hydrogen) atoms. The van der Waals surface area contributed by atoms with Gasteiger partial charge in [0, 0.05) is 17.8 Å². The molecule has 1 aliphatic carbocycles. The van der Waals surface area contributed by atoms with Gasteiger partial charge in [0.15, 0.2) is 12.4 Å². The summed E-state index contributed by atoms with van der Waals surface area (Å²) in [5.74, 6) is 6.64. The van der Waals surface area contributed by atoms with Gasteiger partial charge in [-0.2, -0.15) is 4.98 Å². The van der Waals surface area contributed by atoms with Crippen LogP contribution in [0.2, 0.25) is 5.02 Å². The Bertz CT molecular complexity index is 991. The second-order valence-corrected chi connectivity index (χ2v) is 8.23. The molecule has 0 spiro atoms. The Morgan fingerprint density at radius 1 is 1.31 bits per heavy atom. The highest BCUT2D eigenvalue weighted by Crippen LogP contribution is 2.45. The van der Waals surface area contributed by atoms with Crippen LogP contribution in [0.15, 0.2) is 24.4 Å². The largest absolute Gasteiger partial charge is 0.445 e. The summed E-state index contributed by atoms with van der Waals surface area (Å²) in [4.78, 5) is 10.0. The van der Waals surface area contributed by atoms with Crippen LogP contribution in [-0.4, -0.2) is 50.6 Å². The summed E-state index contributed by atoms with van der Waals surface area (Å²) in [7, 11) is 0. The Kier molecular flexibility index (Phi) is 5.13. The molecule has 6 N–H and O–H groups in total. The molecule has 1 aromatic carbocycles. The van der Waals surface area contributed by atoms with Gasteiger partial charge in [0.25, 0.3) is 0 Å². The van der Waals surface area contributed by atoms with E-state index in [9.17, 15) is 10.2 Å². The van der Waals surface area contributed by atoms with Crippen LogP contribution >= 0.6 is 11.6 Å². The van der Waals surface area contributed by atoms with Crippen molar-refractivity contribution in [2.45, 2.75) is 36.7 Å². The molecule has 7 nitrogen and oxygen atoms in total. The van der Waals surface area contributed by atoms with E-state index in [0.29, 0.717) is 30.2 Å². The SMILES string of the molecule is Nc1ncc(Cl)c(N2CC(CO)(C[OH2+])c3ccc(C#CC4(O)CCCC4)cc32)n1. The number of aliphatic hydroxyl groups excluding tert-OH is 1. The van der Waals surface area contributed by atoms with Crippen molar-refractivity contribution in [1.82, 2.24) is 9.97 Å². The van der Waals surface area contributed by atoms with Crippen LogP contribution in [0.4, 0.5) is 17.5 Å². The Hall–Kier alpha value is -2.37. The maximum Gasteiger partial charge on any atom is 0.222 e. The van der Waals surface area contributed by atoms with Gasteiger partial charge in [-0.1, -0.05) is 29.5 Å². The summed E-state index contributed by atoms with van der Waals surface area (Å²) in [6, 6.07) is 5.65. The third-order valence-electron chi connectivity index (χ3n) is 5.83. The first-order valence-electron chi connectivity index (χ1n) is 9.61. The van der Waals surface area contributed by atoms with E-state index in [4.69, 9.17) is 22.4 Å². The zero-order valence-electron chi connectivity index (χ0n) is 16.0. The molecule has 2 aromatic rings. The lowest BCUT2D eigenvalue weighted by atomic mass is 9.84. The molecule has 1 unspecified atom stereocenters. The number of hydrogen-bond acceptors (Lipinski definition) is 6. The van der Waals surface area contributed by atoms with Crippen molar-refractivity contribution in [3.8, 4) is 11.8 Å². The molecule has 2 aliphatic rings. The van der Waals surface area contributed by atoms with Crippen LogP contribution in [0, 0.1) is 11.8 Å². The van der Waals surface area contributed by atoms with Gasteiger partial charge in [-0.3, -0.25) is 0 Å². The van der Waals surface area contributed by atoms with Crippen LogP contribution in [-0.2, 0) is 5.41 Å². The number of halogens is 1. The minimum Gasteiger partial charge on any atom is -0.445 e. The lowest BCUT2D eigenvalue weighted by Gasteiger charge is -2.24. The van der Waals surface area contributed by atoms with Crippen molar-refractivity contribution in [3.63, 3.8) is 0 Å². The van der Waals surface area contributed by atoms with Crippen molar-refractivity contribution in [1.29, 1.82) is 0 Å². The zero-order chi connectivity index (χ0) is 20.6. The number of fused-ring (bicyclic) bond motifs is 1. The van der Waals surface area contributed by atoms with E-state index in [1.54, 1.807) is 0 Å². The molecule has 0 radical (unpaired) electrons. The normalized spacial score (nSPS) is 22.3. The average molecular weight is 416 g/mol. The predicted octanol–water partition coefficient (Wildman–Crippen LogP) is 1.48. The number of rotatable bonds is 3. The molecular formula is C21H24ClN4O3+. The average Bonchev–Trinajstić information content (AvgIpc) is 3.30. The highest BCUT2D eigenvalue weighted by molar-refractivity contribution is 6.33. The molecule has 1 atom stereocenters. The predicted molar refractivity (Wildman–Crippen MR) is 112 cm³/mol. The fraction of sp³-hybridized carbons (Fsp3) is 0.429. The fourth-order valence-electron chi connectivity index (χ4n) is 4.12. The van der Waals surface area contributed by atoms with Crippen molar-refractivity contribution < 1.29 is 15.3 Å². The number of nitrogen functional groups attached to an aromatic ring is 1. The van der Waals surface area contributed by atoms with Gasteiger partial charge in [-0.15, -0.1) is 0 Å². The molecule has 2 heterocycles. The van der Waals surface area contributed by atoms with Crippen molar-refractivity contribution >= 4 is 29.1 Å². The summed E-state index contributed by atoms with van der Waals surface area (Å²) in [5, 5.41) is 29.0. The first-order valence-corrected chi connectivity index (χ1v) is 9.99. The minimum atomic E-state index is -0.918. The molecule has 0 bridgehead atoms. The molecule has 0 amide bonds. The summed E-state index contributed by atoms with van der Waals surface area (Å²) in [6.45, 7) is 0.179. The molecule has 4 rings (SSSR count).